The molecule has 0 radical (unpaired) electrons. The standard InChI is InChI=1S/C11H18N2OS/c1-11(2,10(14)13(3)4)12-7-9-5-6-15-8-9/h5-6,8,12H,7H2,1-4H3. The lowest BCUT2D eigenvalue weighted by Gasteiger charge is -2.28. The number of amides is 1. The minimum Gasteiger partial charge on any atom is -0.347 e. The van der Waals surface area contributed by atoms with Crippen LogP contribution in [0.4, 0.5) is 0 Å². The molecule has 1 rings (SSSR count). The molecule has 0 saturated heterocycles. The molecule has 1 amide bonds. The van der Waals surface area contributed by atoms with E-state index < -0.39 is 5.54 Å². The maximum Gasteiger partial charge on any atom is 0.241 e. The molecular formula is C11H18N2OS. The Morgan fingerprint density at radius 2 is 2.20 bits per heavy atom. The van der Waals surface area contributed by atoms with E-state index in [0.717, 1.165) is 6.54 Å². The van der Waals surface area contributed by atoms with Crippen molar-refractivity contribution in [2.24, 2.45) is 0 Å². The van der Waals surface area contributed by atoms with E-state index in [-0.39, 0.29) is 5.91 Å². The van der Waals surface area contributed by atoms with Crippen LogP contribution >= 0.6 is 11.3 Å². The molecule has 0 saturated carbocycles. The average Bonchev–Trinajstić information content (AvgIpc) is 2.66. The van der Waals surface area contributed by atoms with E-state index in [4.69, 9.17) is 0 Å². The first kappa shape index (κ1) is 12.2. The van der Waals surface area contributed by atoms with Crippen LogP contribution in [0.25, 0.3) is 0 Å². The number of carbonyl (C=O) groups excluding carboxylic acids is 1. The van der Waals surface area contributed by atoms with E-state index in [9.17, 15) is 4.79 Å². The number of likely N-dealkylation sites (N-methyl/N-ethyl adjacent to an activating group) is 1. The Kier molecular flexibility index (Phi) is 3.88. The first-order chi connectivity index (χ1) is 6.93. The minimum absolute atomic E-state index is 0.0951. The predicted molar refractivity (Wildman–Crippen MR) is 63.9 cm³/mol. The topological polar surface area (TPSA) is 32.3 Å². The third kappa shape index (κ3) is 3.32. The van der Waals surface area contributed by atoms with Crippen LogP contribution in [-0.4, -0.2) is 30.4 Å². The maximum absolute atomic E-state index is 11.8. The highest BCUT2D eigenvalue weighted by atomic mass is 32.1. The molecule has 15 heavy (non-hydrogen) atoms. The van der Waals surface area contributed by atoms with Gasteiger partial charge in [0.15, 0.2) is 0 Å². The lowest BCUT2D eigenvalue weighted by atomic mass is 10.0. The molecule has 1 aromatic rings. The van der Waals surface area contributed by atoms with Gasteiger partial charge in [-0.3, -0.25) is 10.1 Å². The van der Waals surface area contributed by atoms with Gasteiger partial charge in [0.05, 0.1) is 5.54 Å². The summed E-state index contributed by atoms with van der Waals surface area (Å²) < 4.78 is 0. The van der Waals surface area contributed by atoms with E-state index in [1.807, 2.05) is 19.2 Å². The molecule has 0 fully saturated rings. The van der Waals surface area contributed by atoms with Gasteiger partial charge in [-0.15, -0.1) is 0 Å². The minimum atomic E-state index is -0.508. The molecule has 0 atom stereocenters. The zero-order valence-corrected chi connectivity index (χ0v) is 10.5. The molecule has 0 aliphatic rings. The molecule has 0 aliphatic heterocycles. The molecule has 84 valence electrons. The van der Waals surface area contributed by atoms with Crippen LogP contribution in [0, 0.1) is 0 Å². The molecule has 1 heterocycles. The second kappa shape index (κ2) is 4.77. The van der Waals surface area contributed by atoms with E-state index >= 15 is 0 Å². The van der Waals surface area contributed by atoms with Crippen LogP contribution in [0.5, 0.6) is 0 Å². The number of hydrogen-bond acceptors (Lipinski definition) is 3. The van der Waals surface area contributed by atoms with Gasteiger partial charge in [-0.25, -0.2) is 0 Å². The summed E-state index contributed by atoms with van der Waals surface area (Å²) in [5, 5.41) is 7.38. The Morgan fingerprint density at radius 1 is 1.53 bits per heavy atom. The zero-order chi connectivity index (χ0) is 11.5. The Labute approximate surface area is 95.1 Å². The number of nitrogens with one attached hydrogen (secondary N) is 1. The molecule has 3 nitrogen and oxygen atoms in total. The van der Waals surface area contributed by atoms with E-state index in [0.29, 0.717) is 0 Å². The van der Waals surface area contributed by atoms with Gasteiger partial charge in [0, 0.05) is 20.6 Å². The predicted octanol–water partition coefficient (Wildman–Crippen LogP) is 1.70. The second-order valence-electron chi connectivity index (χ2n) is 4.31. The average molecular weight is 226 g/mol. The summed E-state index contributed by atoms with van der Waals surface area (Å²) in [5.41, 5.74) is 0.713. The van der Waals surface area contributed by atoms with Crippen molar-refractivity contribution in [2.75, 3.05) is 14.1 Å². The van der Waals surface area contributed by atoms with Crippen LogP contribution in [0.15, 0.2) is 16.8 Å². The summed E-state index contributed by atoms with van der Waals surface area (Å²) in [7, 11) is 3.55. The van der Waals surface area contributed by atoms with Crippen molar-refractivity contribution >= 4 is 17.2 Å². The van der Waals surface area contributed by atoms with Gasteiger partial charge in [0.25, 0.3) is 0 Å². The largest absolute Gasteiger partial charge is 0.347 e. The van der Waals surface area contributed by atoms with Gasteiger partial charge in [0.1, 0.15) is 0 Å². The van der Waals surface area contributed by atoms with Crippen molar-refractivity contribution in [1.29, 1.82) is 0 Å². The molecule has 1 N–H and O–H groups in total. The second-order valence-corrected chi connectivity index (χ2v) is 5.09. The van der Waals surface area contributed by atoms with E-state index in [1.54, 1.807) is 30.3 Å². The van der Waals surface area contributed by atoms with Crippen LogP contribution in [-0.2, 0) is 11.3 Å². The monoisotopic (exact) mass is 226 g/mol. The summed E-state index contributed by atoms with van der Waals surface area (Å²) >= 11 is 1.67. The Balaban J connectivity index is 2.53. The van der Waals surface area contributed by atoms with E-state index in [1.165, 1.54) is 5.56 Å². The van der Waals surface area contributed by atoms with Crippen molar-refractivity contribution in [2.45, 2.75) is 25.9 Å². The highest BCUT2D eigenvalue weighted by Crippen LogP contribution is 2.10. The summed E-state index contributed by atoms with van der Waals surface area (Å²) in [4.78, 5) is 13.4. The van der Waals surface area contributed by atoms with Crippen molar-refractivity contribution in [1.82, 2.24) is 10.2 Å². The fourth-order valence-electron chi connectivity index (χ4n) is 1.35. The van der Waals surface area contributed by atoms with Crippen LogP contribution < -0.4 is 5.32 Å². The molecular weight excluding hydrogens is 208 g/mol. The van der Waals surface area contributed by atoms with Crippen LogP contribution in [0.2, 0.25) is 0 Å². The third-order valence-corrected chi connectivity index (χ3v) is 2.99. The van der Waals surface area contributed by atoms with Crippen LogP contribution in [0.1, 0.15) is 19.4 Å². The number of hydrogen-bond donors (Lipinski definition) is 1. The van der Waals surface area contributed by atoms with Crippen molar-refractivity contribution in [3.8, 4) is 0 Å². The summed E-state index contributed by atoms with van der Waals surface area (Å²) in [6.45, 7) is 4.54. The van der Waals surface area contributed by atoms with Crippen molar-refractivity contribution < 1.29 is 4.79 Å². The number of nitrogens with zero attached hydrogens (tertiary/aromatic N) is 1. The molecule has 1 aromatic heterocycles. The van der Waals surface area contributed by atoms with Gasteiger partial charge in [-0.05, 0) is 36.2 Å². The Morgan fingerprint density at radius 3 is 2.67 bits per heavy atom. The number of thiophene rings is 1. The van der Waals surface area contributed by atoms with Gasteiger partial charge in [-0.2, -0.15) is 11.3 Å². The lowest BCUT2D eigenvalue weighted by Crippen LogP contribution is -2.51. The fraction of sp³-hybridized carbons (Fsp3) is 0.545. The number of carbonyl (C=O) groups is 1. The number of rotatable bonds is 4. The Hall–Kier alpha value is -0.870. The van der Waals surface area contributed by atoms with Gasteiger partial charge >= 0.3 is 0 Å². The summed E-state index contributed by atoms with van der Waals surface area (Å²) in [6, 6.07) is 2.06. The first-order valence-electron chi connectivity index (χ1n) is 4.91. The molecule has 0 unspecified atom stereocenters. The van der Waals surface area contributed by atoms with Crippen molar-refractivity contribution in [3.63, 3.8) is 0 Å². The smallest absolute Gasteiger partial charge is 0.241 e. The normalized spacial score (nSPS) is 11.5. The molecule has 0 aromatic carbocycles. The lowest BCUT2D eigenvalue weighted by molar-refractivity contribution is -0.134. The fourth-order valence-corrected chi connectivity index (χ4v) is 2.02. The zero-order valence-electron chi connectivity index (χ0n) is 9.70. The highest BCUT2D eigenvalue weighted by molar-refractivity contribution is 7.07. The molecule has 0 bridgehead atoms. The van der Waals surface area contributed by atoms with Crippen molar-refractivity contribution in [3.05, 3.63) is 22.4 Å². The van der Waals surface area contributed by atoms with Gasteiger partial charge in [-0.1, -0.05) is 0 Å². The third-order valence-electron chi connectivity index (χ3n) is 2.26. The van der Waals surface area contributed by atoms with Gasteiger partial charge < -0.3 is 4.90 Å². The molecule has 0 spiro atoms. The Bertz CT molecular complexity index is 317. The quantitative estimate of drug-likeness (QED) is 0.847. The molecule has 0 aliphatic carbocycles. The SMILES string of the molecule is CN(C)C(=O)C(C)(C)NCc1ccsc1. The van der Waals surface area contributed by atoms with E-state index in [2.05, 4.69) is 16.8 Å². The van der Waals surface area contributed by atoms with Gasteiger partial charge in [0.2, 0.25) is 5.91 Å². The van der Waals surface area contributed by atoms with Crippen LogP contribution in [0.3, 0.4) is 0 Å². The maximum atomic E-state index is 11.8. The summed E-state index contributed by atoms with van der Waals surface area (Å²) in [6.07, 6.45) is 0. The molecule has 4 heteroatoms. The first-order valence-corrected chi connectivity index (χ1v) is 5.85. The highest BCUT2D eigenvalue weighted by Gasteiger charge is 2.28. The summed E-state index contributed by atoms with van der Waals surface area (Å²) in [5.74, 6) is 0.0951.